The third kappa shape index (κ3) is 3.36. The van der Waals surface area contributed by atoms with E-state index in [1.807, 2.05) is 6.07 Å². The lowest BCUT2D eigenvalue weighted by molar-refractivity contribution is -0.120. The lowest BCUT2D eigenvalue weighted by atomic mass is 9.96. The molecule has 0 saturated carbocycles. The molecule has 110 valence electrons. The van der Waals surface area contributed by atoms with Crippen LogP contribution in [0.1, 0.15) is 33.0 Å². The van der Waals surface area contributed by atoms with Gasteiger partial charge >= 0.3 is 0 Å². The summed E-state index contributed by atoms with van der Waals surface area (Å²) in [5, 5.41) is 2.85. The van der Waals surface area contributed by atoms with Crippen LogP contribution in [0.25, 0.3) is 0 Å². The molecule has 0 radical (unpaired) electrons. The number of hydrogen-bond donors (Lipinski definition) is 3. The average molecular weight is 278 g/mol. The number of hydrazine groups is 1. The summed E-state index contributed by atoms with van der Waals surface area (Å²) >= 11 is 0. The minimum Gasteiger partial charge on any atom is -0.354 e. The van der Waals surface area contributed by atoms with Gasteiger partial charge in [0.05, 0.1) is 0 Å². The third-order valence-electron chi connectivity index (χ3n) is 3.17. The zero-order valence-electron chi connectivity index (χ0n) is 12.2. The average Bonchev–Trinajstić information content (AvgIpc) is 2.62. The molecule has 0 atom stereocenters. The fourth-order valence-electron chi connectivity index (χ4n) is 2.00. The number of rotatable bonds is 2. The zero-order valence-corrected chi connectivity index (χ0v) is 12.2. The highest BCUT2D eigenvalue weighted by Crippen LogP contribution is 2.24. The van der Waals surface area contributed by atoms with E-state index in [2.05, 4.69) is 46.4 Å². The molecule has 1 aliphatic heterocycles. The fourth-order valence-corrected chi connectivity index (χ4v) is 2.00. The van der Waals surface area contributed by atoms with Crippen molar-refractivity contribution in [3.05, 3.63) is 11.9 Å². The van der Waals surface area contributed by atoms with E-state index in [1.54, 1.807) is 0 Å². The van der Waals surface area contributed by atoms with Crippen molar-refractivity contribution < 1.29 is 4.79 Å². The van der Waals surface area contributed by atoms with Gasteiger partial charge in [-0.15, -0.1) is 0 Å². The molecule has 4 N–H and O–H groups in total. The Hall–Kier alpha value is -1.89. The summed E-state index contributed by atoms with van der Waals surface area (Å²) in [5.74, 6) is 7.68. The Morgan fingerprint density at radius 3 is 2.75 bits per heavy atom. The summed E-state index contributed by atoms with van der Waals surface area (Å²) in [6, 6.07) is 1.81. The van der Waals surface area contributed by atoms with E-state index < -0.39 is 0 Å². The molecule has 1 fully saturated rings. The summed E-state index contributed by atoms with van der Waals surface area (Å²) < 4.78 is 0. The number of nitrogen functional groups attached to an aromatic ring is 1. The summed E-state index contributed by atoms with van der Waals surface area (Å²) in [5.41, 5.74) is 2.42. The topological polar surface area (TPSA) is 96.2 Å². The van der Waals surface area contributed by atoms with E-state index in [0.29, 0.717) is 25.3 Å². The maximum atomic E-state index is 11.4. The van der Waals surface area contributed by atoms with Crippen LogP contribution in [0.5, 0.6) is 0 Å². The van der Waals surface area contributed by atoms with Gasteiger partial charge in [0.1, 0.15) is 17.5 Å². The van der Waals surface area contributed by atoms with Crippen LogP contribution in [0.3, 0.4) is 0 Å². The first kappa shape index (κ1) is 14.5. The Bertz CT molecular complexity index is 496. The predicted molar refractivity (Wildman–Crippen MR) is 78.4 cm³/mol. The van der Waals surface area contributed by atoms with E-state index >= 15 is 0 Å². The van der Waals surface area contributed by atoms with Gasteiger partial charge in [0.2, 0.25) is 5.91 Å². The van der Waals surface area contributed by atoms with E-state index in [1.165, 1.54) is 0 Å². The Morgan fingerprint density at radius 2 is 2.10 bits per heavy atom. The standard InChI is InChI=1S/C13H22N6O/c1-13(2,3)12-16-9(18-14)8-10(17-12)19-6-4-11(20)15-5-7-19/h8H,4-7,14H2,1-3H3,(H,15,20)(H,16,17,18). The molecule has 0 spiro atoms. The number of aromatic nitrogens is 2. The van der Waals surface area contributed by atoms with E-state index in [4.69, 9.17) is 5.84 Å². The van der Waals surface area contributed by atoms with Crippen LogP contribution in [-0.4, -0.2) is 35.5 Å². The minimum absolute atomic E-state index is 0.0785. The smallest absolute Gasteiger partial charge is 0.221 e. The van der Waals surface area contributed by atoms with Gasteiger partial charge < -0.3 is 15.6 Å². The summed E-state index contributed by atoms with van der Waals surface area (Å²) in [4.78, 5) is 22.5. The second-order valence-electron chi connectivity index (χ2n) is 5.92. The van der Waals surface area contributed by atoms with Crippen LogP contribution < -0.4 is 21.5 Å². The SMILES string of the molecule is CC(C)(C)c1nc(NN)cc(N2CCNC(=O)CC2)n1. The molecule has 1 aliphatic rings. The molecule has 1 amide bonds. The van der Waals surface area contributed by atoms with Crippen molar-refractivity contribution in [2.45, 2.75) is 32.6 Å². The van der Waals surface area contributed by atoms with Gasteiger partial charge in [-0.05, 0) is 0 Å². The lowest BCUT2D eigenvalue weighted by Gasteiger charge is -2.24. The molecule has 2 heterocycles. The van der Waals surface area contributed by atoms with E-state index in [0.717, 1.165) is 18.2 Å². The van der Waals surface area contributed by atoms with Crippen molar-refractivity contribution in [3.8, 4) is 0 Å². The third-order valence-corrected chi connectivity index (χ3v) is 3.17. The predicted octanol–water partition coefficient (Wildman–Crippen LogP) is 0.386. The van der Waals surface area contributed by atoms with Crippen LogP contribution in [0.2, 0.25) is 0 Å². The molecule has 1 aromatic rings. The summed E-state index contributed by atoms with van der Waals surface area (Å²) in [6.45, 7) is 8.17. The highest BCUT2D eigenvalue weighted by Gasteiger charge is 2.22. The number of nitrogens with two attached hydrogens (primary N) is 1. The van der Waals surface area contributed by atoms with Crippen molar-refractivity contribution in [1.29, 1.82) is 0 Å². The Labute approximate surface area is 118 Å². The normalized spacial score (nSPS) is 16.6. The van der Waals surface area contributed by atoms with Crippen LogP contribution in [0, 0.1) is 0 Å². The number of carbonyl (C=O) groups is 1. The largest absolute Gasteiger partial charge is 0.354 e. The summed E-state index contributed by atoms with van der Waals surface area (Å²) in [6.07, 6.45) is 0.472. The minimum atomic E-state index is -0.165. The molecule has 0 aromatic carbocycles. The Kier molecular flexibility index (Phi) is 4.08. The van der Waals surface area contributed by atoms with E-state index in [-0.39, 0.29) is 11.3 Å². The van der Waals surface area contributed by atoms with Crippen molar-refractivity contribution in [3.63, 3.8) is 0 Å². The van der Waals surface area contributed by atoms with Gasteiger partial charge in [0.25, 0.3) is 0 Å². The van der Waals surface area contributed by atoms with Crippen molar-refractivity contribution in [1.82, 2.24) is 15.3 Å². The van der Waals surface area contributed by atoms with Gasteiger partial charge in [0, 0.05) is 37.5 Å². The van der Waals surface area contributed by atoms with Crippen molar-refractivity contribution >= 4 is 17.5 Å². The maximum absolute atomic E-state index is 11.4. The molecule has 20 heavy (non-hydrogen) atoms. The van der Waals surface area contributed by atoms with Gasteiger partial charge in [-0.3, -0.25) is 4.79 Å². The monoisotopic (exact) mass is 278 g/mol. The van der Waals surface area contributed by atoms with Crippen LogP contribution in [-0.2, 0) is 10.2 Å². The second-order valence-corrected chi connectivity index (χ2v) is 5.92. The van der Waals surface area contributed by atoms with Crippen molar-refractivity contribution in [2.24, 2.45) is 5.84 Å². The quantitative estimate of drug-likeness (QED) is 0.535. The maximum Gasteiger partial charge on any atom is 0.221 e. The number of carbonyl (C=O) groups excluding carboxylic acids is 1. The Balaban J connectivity index is 2.32. The zero-order chi connectivity index (χ0) is 14.8. The second kappa shape index (κ2) is 5.62. The molecule has 1 saturated heterocycles. The molecular weight excluding hydrogens is 256 g/mol. The Morgan fingerprint density at radius 1 is 1.35 bits per heavy atom. The number of nitrogens with one attached hydrogen (secondary N) is 2. The number of hydrogen-bond acceptors (Lipinski definition) is 6. The molecule has 0 unspecified atom stereocenters. The van der Waals surface area contributed by atoms with Gasteiger partial charge in [-0.2, -0.15) is 0 Å². The van der Waals surface area contributed by atoms with E-state index in [9.17, 15) is 4.79 Å². The molecule has 0 aliphatic carbocycles. The highest BCUT2D eigenvalue weighted by atomic mass is 16.1. The van der Waals surface area contributed by atoms with Crippen LogP contribution in [0.15, 0.2) is 6.07 Å². The lowest BCUT2D eigenvalue weighted by Crippen LogP contribution is -2.30. The summed E-state index contributed by atoms with van der Waals surface area (Å²) in [7, 11) is 0. The number of nitrogens with zero attached hydrogens (tertiary/aromatic N) is 3. The van der Waals surface area contributed by atoms with Gasteiger partial charge in [0.15, 0.2) is 0 Å². The molecular formula is C13H22N6O. The number of amides is 1. The molecule has 2 rings (SSSR count). The number of anilines is 2. The van der Waals surface area contributed by atoms with Gasteiger partial charge in [-0.1, -0.05) is 20.8 Å². The first-order valence-corrected chi connectivity index (χ1v) is 6.78. The fraction of sp³-hybridized carbons (Fsp3) is 0.615. The van der Waals surface area contributed by atoms with Crippen molar-refractivity contribution in [2.75, 3.05) is 30.0 Å². The first-order valence-electron chi connectivity index (χ1n) is 6.78. The van der Waals surface area contributed by atoms with Crippen LogP contribution >= 0.6 is 0 Å². The van der Waals surface area contributed by atoms with Gasteiger partial charge in [-0.25, -0.2) is 15.8 Å². The molecule has 7 nitrogen and oxygen atoms in total. The van der Waals surface area contributed by atoms with Crippen LogP contribution in [0.4, 0.5) is 11.6 Å². The molecule has 0 bridgehead atoms. The first-order chi connectivity index (χ1) is 9.40. The highest BCUT2D eigenvalue weighted by molar-refractivity contribution is 5.77. The molecule has 1 aromatic heterocycles. The molecule has 7 heteroatoms.